The lowest BCUT2D eigenvalue weighted by Crippen LogP contribution is -2.40. The third-order valence-corrected chi connectivity index (χ3v) is 8.32. The Bertz CT molecular complexity index is 1190. The van der Waals surface area contributed by atoms with Crippen molar-refractivity contribution in [2.75, 3.05) is 25.9 Å². The minimum atomic E-state index is -3.25. The molecule has 0 aliphatic carbocycles. The molecule has 36 heavy (non-hydrogen) atoms. The lowest BCUT2D eigenvalue weighted by Gasteiger charge is -2.23. The van der Waals surface area contributed by atoms with Crippen LogP contribution in [0.1, 0.15) is 54.7 Å². The molecule has 0 radical (unpaired) electrons. The maximum atomic E-state index is 13.1. The summed E-state index contributed by atoms with van der Waals surface area (Å²) >= 11 is 0. The fourth-order valence-corrected chi connectivity index (χ4v) is 5.81. The molecule has 0 aromatic heterocycles. The van der Waals surface area contributed by atoms with Crippen LogP contribution in [0.5, 0.6) is 0 Å². The summed E-state index contributed by atoms with van der Waals surface area (Å²) in [5.41, 5.74) is 3.52. The van der Waals surface area contributed by atoms with Crippen LogP contribution < -0.4 is 5.32 Å². The average molecular weight is 505 g/mol. The monoisotopic (exact) mass is 504 g/mol. The Morgan fingerprint density at radius 3 is 2.03 bits per heavy atom. The van der Waals surface area contributed by atoms with E-state index in [1.165, 1.54) is 17.4 Å². The maximum absolute atomic E-state index is 13.1. The molecular weight excluding hydrogens is 468 g/mol. The first-order valence-corrected chi connectivity index (χ1v) is 14.7. The van der Waals surface area contributed by atoms with Crippen molar-refractivity contribution in [3.05, 3.63) is 102 Å². The summed E-state index contributed by atoms with van der Waals surface area (Å²) in [5.74, 6) is 0.0801. The van der Waals surface area contributed by atoms with Gasteiger partial charge >= 0.3 is 0 Å². The normalized spacial score (nSPS) is 17.2. The van der Waals surface area contributed by atoms with Gasteiger partial charge in [-0.15, -0.1) is 0 Å². The van der Waals surface area contributed by atoms with Gasteiger partial charge in [0.05, 0.1) is 10.8 Å². The Morgan fingerprint density at radius 2 is 1.50 bits per heavy atom. The highest BCUT2D eigenvalue weighted by atomic mass is 32.2. The van der Waals surface area contributed by atoms with E-state index in [0.29, 0.717) is 12.3 Å². The fourth-order valence-electron chi connectivity index (χ4n) is 5.18. The third kappa shape index (κ3) is 6.62. The van der Waals surface area contributed by atoms with Gasteiger partial charge in [-0.25, -0.2) is 8.42 Å². The lowest BCUT2D eigenvalue weighted by atomic mass is 9.88. The summed E-state index contributed by atoms with van der Waals surface area (Å²) < 4.78 is 23.5. The summed E-state index contributed by atoms with van der Waals surface area (Å²) in [6.45, 7) is 4.79. The van der Waals surface area contributed by atoms with E-state index in [1.54, 1.807) is 24.3 Å². The highest BCUT2D eigenvalue weighted by Crippen LogP contribution is 2.29. The molecule has 5 nitrogen and oxygen atoms in total. The van der Waals surface area contributed by atoms with E-state index in [1.807, 2.05) is 6.92 Å². The number of rotatable bonds is 10. The van der Waals surface area contributed by atoms with Crippen molar-refractivity contribution < 1.29 is 13.2 Å². The number of nitrogens with one attached hydrogen (secondary N) is 1. The second kappa shape index (κ2) is 11.8. The van der Waals surface area contributed by atoms with Gasteiger partial charge in [0, 0.05) is 31.3 Å². The van der Waals surface area contributed by atoms with Gasteiger partial charge in [-0.1, -0.05) is 79.7 Å². The molecule has 2 atom stereocenters. The number of amides is 1. The van der Waals surface area contributed by atoms with Crippen LogP contribution in [-0.2, 0) is 14.6 Å². The van der Waals surface area contributed by atoms with Gasteiger partial charge in [0.25, 0.3) is 0 Å². The van der Waals surface area contributed by atoms with Gasteiger partial charge in [-0.2, -0.15) is 0 Å². The van der Waals surface area contributed by atoms with Crippen LogP contribution in [0.4, 0.5) is 0 Å². The molecule has 1 amide bonds. The van der Waals surface area contributed by atoms with Crippen molar-refractivity contribution in [1.29, 1.82) is 0 Å². The number of carbonyl (C=O) groups is 1. The van der Waals surface area contributed by atoms with Gasteiger partial charge < -0.3 is 10.2 Å². The molecule has 190 valence electrons. The average Bonchev–Trinajstić information content (AvgIpc) is 3.33. The quantitative estimate of drug-likeness (QED) is 0.422. The van der Waals surface area contributed by atoms with E-state index in [0.717, 1.165) is 38.0 Å². The molecule has 0 saturated carbocycles. The van der Waals surface area contributed by atoms with Crippen molar-refractivity contribution in [2.45, 2.75) is 49.0 Å². The Kier molecular flexibility index (Phi) is 8.60. The van der Waals surface area contributed by atoms with Gasteiger partial charge in [0.1, 0.15) is 0 Å². The summed E-state index contributed by atoms with van der Waals surface area (Å²) in [6, 6.07) is 28.2. The first-order valence-electron chi connectivity index (χ1n) is 12.8. The van der Waals surface area contributed by atoms with Crippen LogP contribution in [0.25, 0.3) is 0 Å². The van der Waals surface area contributed by atoms with E-state index in [-0.39, 0.29) is 22.8 Å². The predicted molar refractivity (Wildman–Crippen MR) is 145 cm³/mol. The molecule has 1 N–H and O–H groups in total. The minimum absolute atomic E-state index is 0.0166. The van der Waals surface area contributed by atoms with Gasteiger partial charge in [-0.05, 0) is 54.6 Å². The summed E-state index contributed by atoms with van der Waals surface area (Å²) in [7, 11) is -3.25. The van der Waals surface area contributed by atoms with E-state index < -0.39 is 9.84 Å². The molecule has 3 aromatic carbocycles. The largest absolute Gasteiger partial charge is 0.352 e. The van der Waals surface area contributed by atoms with E-state index in [2.05, 4.69) is 70.9 Å². The van der Waals surface area contributed by atoms with E-state index >= 15 is 0 Å². The molecule has 1 saturated heterocycles. The first-order chi connectivity index (χ1) is 17.3. The smallest absolute Gasteiger partial charge is 0.227 e. The Balaban J connectivity index is 1.34. The topological polar surface area (TPSA) is 66.5 Å². The number of benzene rings is 3. The minimum Gasteiger partial charge on any atom is -0.352 e. The zero-order valence-corrected chi connectivity index (χ0v) is 22.0. The predicted octanol–water partition coefficient (Wildman–Crippen LogP) is 5.00. The molecule has 0 bridgehead atoms. The molecule has 2 unspecified atom stereocenters. The van der Waals surface area contributed by atoms with Crippen molar-refractivity contribution in [2.24, 2.45) is 0 Å². The number of hydrogen-bond donors (Lipinski definition) is 1. The van der Waals surface area contributed by atoms with Crippen molar-refractivity contribution in [3.8, 4) is 0 Å². The van der Waals surface area contributed by atoms with Gasteiger partial charge in [0.2, 0.25) is 5.91 Å². The van der Waals surface area contributed by atoms with Crippen LogP contribution in [0.2, 0.25) is 0 Å². The molecule has 3 aromatic rings. The number of carbonyl (C=O) groups excluding carboxylic acids is 1. The van der Waals surface area contributed by atoms with Crippen LogP contribution in [0.15, 0.2) is 89.8 Å². The van der Waals surface area contributed by atoms with Crippen LogP contribution in [-0.4, -0.2) is 51.2 Å². The van der Waals surface area contributed by atoms with Gasteiger partial charge in [-0.3, -0.25) is 4.79 Å². The number of likely N-dealkylation sites (tertiary alicyclic amines) is 1. The molecule has 0 spiro atoms. The standard InChI is InChI=1S/C30H36N2O3S/c1-3-28(25-14-16-27(17-15-25)36(2,34)35)30(33)31-26-18-20-32(22-26)21-19-29(23-10-6-4-7-11-23)24-12-8-5-9-13-24/h4-17,26,28-29H,3,18-22H2,1-2H3,(H,31,33). The number of hydrogen-bond acceptors (Lipinski definition) is 4. The van der Waals surface area contributed by atoms with Crippen LogP contribution in [0.3, 0.4) is 0 Å². The van der Waals surface area contributed by atoms with Crippen LogP contribution >= 0.6 is 0 Å². The molecular formula is C30H36N2O3S. The van der Waals surface area contributed by atoms with Gasteiger partial charge in [0.15, 0.2) is 9.84 Å². The molecule has 4 rings (SSSR count). The lowest BCUT2D eigenvalue weighted by molar-refractivity contribution is -0.123. The zero-order chi connectivity index (χ0) is 25.5. The highest BCUT2D eigenvalue weighted by Gasteiger charge is 2.28. The molecule has 1 aliphatic rings. The maximum Gasteiger partial charge on any atom is 0.227 e. The SMILES string of the molecule is CCC(C(=O)NC1CCN(CCC(c2ccccc2)c2ccccc2)C1)c1ccc(S(C)(=O)=O)cc1. The number of nitrogens with zero attached hydrogens (tertiary/aromatic N) is 1. The van der Waals surface area contributed by atoms with Crippen molar-refractivity contribution >= 4 is 15.7 Å². The third-order valence-electron chi connectivity index (χ3n) is 7.19. The Hall–Kier alpha value is -2.96. The van der Waals surface area contributed by atoms with Crippen LogP contribution in [0, 0.1) is 0 Å². The summed E-state index contributed by atoms with van der Waals surface area (Å²) in [5, 5.41) is 3.26. The molecule has 1 aliphatic heterocycles. The van der Waals surface area contributed by atoms with Crippen molar-refractivity contribution in [1.82, 2.24) is 10.2 Å². The first kappa shape index (κ1) is 26.1. The molecule has 1 fully saturated rings. The van der Waals surface area contributed by atoms with Crippen molar-refractivity contribution in [3.63, 3.8) is 0 Å². The highest BCUT2D eigenvalue weighted by molar-refractivity contribution is 7.90. The van der Waals surface area contributed by atoms with E-state index in [4.69, 9.17) is 0 Å². The summed E-state index contributed by atoms with van der Waals surface area (Å²) in [6.07, 6.45) is 3.82. The summed E-state index contributed by atoms with van der Waals surface area (Å²) in [4.78, 5) is 15.8. The molecule has 6 heteroatoms. The second-order valence-corrected chi connectivity index (χ2v) is 11.8. The zero-order valence-electron chi connectivity index (χ0n) is 21.1. The second-order valence-electron chi connectivity index (χ2n) is 9.76. The fraction of sp³-hybridized carbons (Fsp3) is 0.367. The van der Waals surface area contributed by atoms with E-state index in [9.17, 15) is 13.2 Å². The Morgan fingerprint density at radius 1 is 0.917 bits per heavy atom. The Labute approximate surface area is 215 Å². The number of sulfone groups is 1. The molecule has 1 heterocycles.